The molecule has 0 spiro atoms. The van der Waals surface area contributed by atoms with Crippen LogP contribution in [-0.4, -0.2) is 33.5 Å². The van der Waals surface area contributed by atoms with E-state index in [0.29, 0.717) is 11.0 Å². The molecule has 152 valence electrons. The number of anilines is 1. The number of halogens is 1. The Morgan fingerprint density at radius 2 is 1.93 bits per heavy atom. The van der Waals surface area contributed by atoms with Crippen LogP contribution in [0.1, 0.15) is 0 Å². The Kier molecular flexibility index (Phi) is 6.10. The molecule has 0 aliphatic rings. The number of carbonyl (C=O) groups excluding carboxylic acids is 1. The fourth-order valence-electron chi connectivity index (χ4n) is 2.77. The first-order valence-corrected chi connectivity index (χ1v) is 10.8. The topological polar surface area (TPSA) is 69.0 Å². The second-order valence-corrected chi connectivity index (χ2v) is 8.02. The van der Waals surface area contributed by atoms with Gasteiger partial charge in [0.1, 0.15) is 11.6 Å². The van der Waals surface area contributed by atoms with Crippen molar-refractivity contribution in [2.75, 3.05) is 18.2 Å². The Labute approximate surface area is 180 Å². The Morgan fingerprint density at radius 3 is 2.63 bits per heavy atom. The molecule has 2 aromatic carbocycles. The highest BCUT2D eigenvalue weighted by molar-refractivity contribution is 7.99. The summed E-state index contributed by atoms with van der Waals surface area (Å²) in [6.07, 6.45) is 0. The molecule has 2 aromatic heterocycles. The predicted molar refractivity (Wildman–Crippen MR) is 117 cm³/mol. The molecule has 30 heavy (non-hydrogen) atoms. The summed E-state index contributed by atoms with van der Waals surface area (Å²) in [5.41, 5.74) is 1.00. The maximum absolute atomic E-state index is 13.8. The van der Waals surface area contributed by atoms with E-state index < -0.39 is 5.82 Å². The molecule has 0 saturated heterocycles. The van der Waals surface area contributed by atoms with E-state index >= 15 is 0 Å². The summed E-state index contributed by atoms with van der Waals surface area (Å²) in [7, 11) is 1.61. The van der Waals surface area contributed by atoms with Crippen LogP contribution in [0.25, 0.3) is 16.4 Å². The molecule has 1 N–H and O–H groups in total. The minimum absolute atomic E-state index is 0.0626. The van der Waals surface area contributed by atoms with E-state index in [4.69, 9.17) is 4.74 Å². The summed E-state index contributed by atoms with van der Waals surface area (Å²) >= 11 is 2.79. The Hall–Kier alpha value is -3.17. The summed E-state index contributed by atoms with van der Waals surface area (Å²) in [4.78, 5) is 13.3. The summed E-state index contributed by atoms with van der Waals surface area (Å²) < 4.78 is 20.9. The second kappa shape index (κ2) is 9.10. The predicted octanol–water partition coefficient (Wildman–Crippen LogP) is 4.87. The lowest BCUT2D eigenvalue weighted by atomic mass is 10.3. The lowest BCUT2D eigenvalue weighted by Gasteiger charge is -2.10. The molecule has 0 radical (unpaired) electrons. The Morgan fingerprint density at radius 1 is 1.13 bits per heavy atom. The quantitative estimate of drug-likeness (QED) is 0.415. The molecule has 4 aromatic rings. The van der Waals surface area contributed by atoms with Crippen molar-refractivity contribution in [2.24, 2.45) is 0 Å². The molecule has 0 aliphatic heterocycles. The maximum atomic E-state index is 13.8. The molecule has 0 unspecified atom stereocenters. The number of methoxy groups -OCH3 is 1. The first-order chi connectivity index (χ1) is 14.7. The zero-order valence-electron chi connectivity index (χ0n) is 15.9. The third-order valence-corrected chi connectivity index (χ3v) is 5.98. The summed E-state index contributed by atoms with van der Waals surface area (Å²) in [5, 5.41) is 13.7. The molecule has 6 nitrogen and oxygen atoms in total. The normalized spacial score (nSPS) is 10.7. The molecular formula is C21H17FN4O2S2. The van der Waals surface area contributed by atoms with Gasteiger partial charge >= 0.3 is 0 Å². The fraction of sp³-hybridized carbons (Fsp3) is 0.0952. The lowest BCUT2D eigenvalue weighted by molar-refractivity contribution is -0.113. The van der Waals surface area contributed by atoms with Crippen LogP contribution in [0.5, 0.6) is 5.75 Å². The number of rotatable bonds is 7. The van der Waals surface area contributed by atoms with Crippen LogP contribution in [0.15, 0.2) is 71.2 Å². The molecule has 1 amide bonds. The van der Waals surface area contributed by atoms with Crippen LogP contribution < -0.4 is 10.1 Å². The van der Waals surface area contributed by atoms with Gasteiger partial charge in [-0.2, -0.15) is 0 Å². The van der Waals surface area contributed by atoms with Gasteiger partial charge in [0, 0.05) is 0 Å². The van der Waals surface area contributed by atoms with Crippen LogP contribution in [0.2, 0.25) is 0 Å². The minimum Gasteiger partial charge on any atom is -0.497 e. The number of hydrogen-bond acceptors (Lipinski definition) is 6. The van der Waals surface area contributed by atoms with Gasteiger partial charge in [-0.15, -0.1) is 21.5 Å². The number of aromatic nitrogens is 3. The number of ether oxygens (including phenoxy) is 1. The standard InChI is InChI=1S/C21H17FN4O2S2/c1-28-15-10-8-14(9-11-15)26-20(18-7-4-12-29-18)24-25-21(26)30-13-19(27)23-17-6-3-2-5-16(17)22/h2-12H,13H2,1H3,(H,23,27). The average molecular weight is 441 g/mol. The van der Waals surface area contributed by atoms with Crippen molar-refractivity contribution in [3.8, 4) is 22.1 Å². The average Bonchev–Trinajstić information content (AvgIpc) is 3.44. The zero-order chi connectivity index (χ0) is 20.9. The largest absolute Gasteiger partial charge is 0.497 e. The highest BCUT2D eigenvalue weighted by Gasteiger charge is 2.18. The van der Waals surface area contributed by atoms with Crippen molar-refractivity contribution in [1.29, 1.82) is 0 Å². The Bertz CT molecular complexity index is 1140. The van der Waals surface area contributed by atoms with Crippen LogP contribution in [0.3, 0.4) is 0 Å². The van der Waals surface area contributed by atoms with Gasteiger partial charge in [-0.05, 0) is 47.8 Å². The highest BCUT2D eigenvalue weighted by Crippen LogP contribution is 2.31. The van der Waals surface area contributed by atoms with Gasteiger partial charge in [0.25, 0.3) is 0 Å². The maximum Gasteiger partial charge on any atom is 0.234 e. The van der Waals surface area contributed by atoms with Crippen LogP contribution in [0, 0.1) is 5.82 Å². The molecule has 0 bridgehead atoms. The molecule has 0 saturated carbocycles. The third kappa shape index (κ3) is 4.37. The van der Waals surface area contributed by atoms with Crippen molar-refractivity contribution < 1.29 is 13.9 Å². The van der Waals surface area contributed by atoms with E-state index in [9.17, 15) is 9.18 Å². The Balaban J connectivity index is 1.58. The van der Waals surface area contributed by atoms with Crippen molar-refractivity contribution >= 4 is 34.7 Å². The third-order valence-electron chi connectivity index (χ3n) is 4.19. The number of nitrogens with one attached hydrogen (secondary N) is 1. The van der Waals surface area contributed by atoms with Crippen molar-refractivity contribution in [3.05, 3.63) is 71.9 Å². The number of carbonyl (C=O) groups is 1. The molecule has 4 rings (SSSR count). The highest BCUT2D eigenvalue weighted by atomic mass is 32.2. The van der Waals surface area contributed by atoms with Crippen molar-refractivity contribution in [3.63, 3.8) is 0 Å². The summed E-state index contributed by atoms with van der Waals surface area (Å²) in [6.45, 7) is 0. The van der Waals surface area contributed by atoms with Crippen molar-refractivity contribution in [1.82, 2.24) is 14.8 Å². The van der Waals surface area contributed by atoms with Gasteiger partial charge in [-0.1, -0.05) is 30.0 Å². The van der Waals surface area contributed by atoms with Gasteiger partial charge in [0.15, 0.2) is 11.0 Å². The van der Waals surface area contributed by atoms with Gasteiger partial charge in [-0.25, -0.2) is 4.39 Å². The number of amides is 1. The number of thiophene rings is 1. The van der Waals surface area contributed by atoms with E-state index in [1.165, 1.54) is 23.9 Å². The second-order valence-electron chi connectivity index (χ2n) is 6.13. The molecule has 0 fully saturated rings. The van der Waals surface area contributed by atoms with E-state index in [-0.39, 0.29) is 17.3 Å². The lowest BCUT2D eigenvalue weighted by Crippen LogP contribution is -2.15. The minimum atomic E-state index is -0.475. The molecule has 0 aliphatic carbocycles. The molecule has 2 heterocycles. The number of nitrogens with zero attached hydrogens (tertiary/aromatic N) is 3. The monoisotopic (exact) mass is 440 g/mol. The van der Waals surface area contributed by atoms with E-state index in [2.05, 4.69) is 15.5 Å². The van der Waals surface area contributed by atoms with Crippen LogP contribution in [0.4, 0.5) is 10.1 Å². The first-order valence-electron chi connectivity index (χ1n) is 8.96. The SMILES string of the molecule is COc1ccc(-n2c(SCC(=O)Nc3ccccc3F)nnc2-c2cccs2)cc1. The van der Waals surface area contributed by atoms with Gasteiger partial charge in [0.2, 0.25) is 5.91 Å². The molecular weight excluding hydrogens is 423 g/mol. The fourth-order valence-corrected chi connectivity index (χ4v) is 4.22. The van der Waals surface area contributed by atoms with Gasteiger partial charge in [0.05, 0.1) is 29.1 Å². The number of hydrogen-bond donors (Lipinski definition) is 1. The van der Waals surface area contributed by atoms with Crippen molar-refractivity contribution in [2.45, 2.75) is 5.16 Å². The first kappa shape index (κ1) is 20.1. The smallest absolute Gasteiger partial charge is 0.234 e. The van der Waals surface area contributed by atoms with Gasteiger partial charge < -0.3 is 10.1 Å². The van der Waals surface area contributed by atoms with E-state index in [1.54, 1.807) is 30.6 Å². The van der Waals surface area contributed by atoms with E-state index in [0.717, 1.165) is 16.3 Å². The molecule has 0 atom stereocenters. The zero-order valence-corrected chi connectivity index (χ0v) is 17.5. The summed E-state index contributed by atoms with van der Waals surface area (Å²) in [5.74, 6) is 0.687. The molecule has 9 heteroatoms. The van der Waals surface area contributed by atoms with Crippen LogP contribution >= 0.6 is 23.1 Å². The number of thioether (sulfide) groups is 1. The number of para-hydroxylation sites is 1. The summed E-state index contributed by atoms with van der Waals surface area (Å²) in [6, 6.07) is 17.5. The van der Waals surface area contributed by atoms with Crippen LogP contribution in [-0.2, 0) is 4.79 Å². The number of benzene rings is 2. The van der Waals surface area contributed by atoms with Gasteiger partial charge in [-0.3, -0.25) is 9.36 Å². The van der Waals surface area contributed by atoms with E-state index in [1.807, 2.05) is 46.3 Å².